The van der Waals surface area contributed by atoms with E-state index >= 15 is 0 Å². The molecule has 0 atom stereocenters. The molecule has 20 heavy (non-hydrogen) atoms. The van der Waals surface area contributed by atoms with Crippen molar-refractivity contribution < 1.29 is 8.97 Å². The molecule has 2 aliphatic rings. The molecule has 0 saturated carbocycles. The molecule has 2 aliphatic heterocycles. The van der Waals surface area contributed by atoms with Crippen LogP contribution in [-0.4, -0.2) is 62.3 Å². The summed E-state index contributed by atoms with van der Waals surface area (Å²) in [6, 6.07) is 0. The van der Waals surface area contributed by atoms with Gasteiger partial charge in [0.15, 0.2) is 0 Å². The summed E-state index contributed by atoms with van der Waals surface area (Å²) in [4.78, 5) is 0. The van der Waals surface area contributed by atoms with Gasteiger partial charge in [-0.1, -0.05) is 13.8 Å². The molecule has 2 heterocycles. The molecule has 120 valence electrons. The molecule has 0 aromatic carbocycles. The predicted octanol–water partition coefficient (Wildman–Crippen LogP) is 4.05. The molecule has 0 bridgehead atoms. The summed E-state index contributed by atoms with van der Waals surface area (Å²) in [5, 5.41) is 0. The molecule has 0 N–H and O–H groups in total. The van der Waals surface area contributed by atoms with E-state index < -0.39 is 0 Å². The topological polar surface area (TPSA) is 0 Å². The van der Waals surface area contributed by atoms with Crippen molar-refractivity contribution in [3.05, 3.63) is 0 Å². The number of rotatable bonds is 4. The molecule has 2 rings (SSSR count). The van der Waals surface area contributed by atoms with Crippen LogP contribution >= 0.6 is 0 Å². The number of nitrogens with zero attached hydrogens (tertiary/aromatic N) is 2. The lowest BCUT2D eigenvalue weighted by molar-refractivity contribution is -0.914. The standard InChI is InChI=1S/2C9H20N/c2*1-3-7-10(2)8-5-4-6-9-10/h2*3-9H2,1-2H3/q2*+1. The quantitative estimate of drug-likeness (QED) is 0.683. The van der Waals surface area contributed by atoms with Crippen LogP contribution in [0, 0.1) is 0 Å². The fraction of sp³-hybridized carbons (Fsp3) is 1.00. The first-order chi connectivity index (χ1) is 9.54. The van der Waals surface area contributed by atoms with Gasteiger partial charge >= 0.3 is 0 Å². The third-order valence-corrected chi connectivity index (χ3v) is 5.32. The van der Waals surface area contributed by atoms with Gasteiger partial charge < -0.3 is 8.97 Å². The van der Waals surface area contributed by atoms with Crippen molar-refractivity contribution in [2.45, 2.75) is 65.2 Å². The molecule has 0 aromatic heterocycles. The van der Waals surface area contributed by atoms with Crippen molar-refractivity contribution >= 4 is 0 Å². The van der Waals surface area contributed by atoms with Gasteiger partial charge in [-0.05, 0) is 51.4 Å². The van der Waals surface area contributed by atoms with Gasteiger partial charge in [0, 0.05) is 0 Å². The van der Waals surface area contributed by atoms with Gasteiger partial charge in [0.2, 0.25) is 0 Å². The van der Waals surface area contributed by atoms with Crippen LogP contribution in [0.3, 0.4) is 0 Å². The lowest BCUT2D eigenvalue weighted by Crippen LogP contribution is -2.48. The fourth-order valence-electron chi connectivity index (χ4n) is 4.08. The van der Waals surface area contributed by atoms with Gasteiger partial charge in [0.25, 0.3) is 0 Å². The Hall–Kier alpha value is -0.0800. The second-order valence-corrected chi connectivity index (χ2v) is 7.70. The Morgan fingerprint density at radius 2 is 0.850 bits per heavy atom. The van der Waals surface area contributed by atoms with Gasteiger partial charge in [-0.2, -0.15) is 0 Å². The van der Waals surface area contributed by atoms with E-state index in [0.29, 0.717) is 0 Å². The van der Waals surface area contributed by atoms with E-state index in [2.05, 4.69) is 27.9 Å². The Morgan fingerprint density at radius 1 is 0.550 bits per heavy atom. The summed E-state index contributed by atoms with van der Waals surface area (Å²) < 4.78 is 2.69. The zero-order valence-corrected chi connectivity index (χ0v) is 14.8. The van der Waals surface area contributed by atoms with Crippen LogP contribution in [0.2, 0.25) is 0 Å². The highest BCUT2D eigenvalue weighted by atomic mass is 15.3. The highest BCUT2D eigenvalue weighted by Gasteiger charge is 2.23. The normalized spacial score (nSPS) is 24.6. The first-order valence-corrected chi connectivity index (χ1v) is 9.21. The molecule has 0 radical (unpaired) electrons. The highest BCUT2D eigenvalue weighted by molar-refractivity contribution is 4.51. The first-order valence-electron chi connectivity index (χ1n) is 9.21. The Labute approximate surface area is 128 Å². The lowest BCUT2D eigenvalue weighted by atomic mass is 10.1. The molecular formula is C18H40N2+2. The van der Waals surface area contributed by atoms with E-state index in [1.807, 2.05) is 0 Å². The molecule has 0 spiro atoms. The zero-order valence-electron chi connectivity index (χ0n) is 14.8. The number of quaternary nitrogens is 2. The van der Waals surface area contributed by atoms with E-state index in [4.69, 9.17) is 0 Å². The van der Waals surface area contributed by atoms with Crippen LogP contribution in [-0.2, 0) is 0 Å². The summed E-state index contributed by atoms with van der Waals surface area (Å²) in [5.41, 5.74) is 0. The Kier molecular flexibility index (Phi) is 8.13. The Balaban J connectivity index is 0.000000200. The maximum atomic E-state index is 2.41. The van der Waals surface area contributed by atoms with Crippen LogP contribution < -0.4 is 0 Å². The number of hydrogen-bond donors (Lipinski definition) is 0. The fourth-order valence-corrected chi connectivity index (χ4v) is 4.08. The third kappa shape index (κ3) is 6.58. The monoisotopic (exact) mass is 284 g/mol. The molecule has 2 fully saturated rings. The van der Waals surface area contributed by atoms with Gasteiger partial charge in [-0.3, -0.25) is 0 Å². The molecule has 0 amide bonds. The molecular weight excluding hydrogens is 244 g/mol. The Morgan fingerprint density at radius 3 is 1.10 bits per heavy atom. The van der Waals surface area contributed by atoms with Gasteiger partial charge in [0.05, 0.1) is 53.4 Å². The van der Waals surface area contributed by atoms with Crippen LogP contribution in [0.25, 0.3) is 0 Å². The van der Waals surface area contributed by atoms with Crippen molar-refractivity contribution in [1.29, 1.82) is 0 Å². The van der Waals surface area contributed by atoms with Gasteiger partial charge in [0.1, 0.15) is 0 Å². The van der Waals surface area contributed by atoms with E-state index in [1.165, 1.54) is 99.6 Å². The smallest absolute Gasteiger partial charge is 0.0784 e. The van der Waals surface area contributed by atoms with E-state index in [1.54, 1.807) is 0 Å². The molecule has 0 aliphatic carbocycles. The summed E-state index contributed by atoms with van der Waals surface area (Å²) in [6.45, 7) is 13.1. The van der Waals surface area contributed by atoms with Crippen LogP contribution in [0.15, 0.2) is 0 Å². The average Bonchev–Trinajstić information content (AvgIpc) is 2.41. The zero-order chi connectivity index (χ0) is 14.9. The average molecular weight is 285 g/mol. The van der Waals surface area contributed by atoms with Crippen LogP contribution in [0.4, 0.5) is 0 Å². The van der Waals surface area contributed by atoms with E-state index in [0.717, 1.165) is 0 Å². The number of piperidine rings is 2. The third-order valence-electron chi connectivity index (χ3n) is 5.32. The van der Waals surface area contributed by atoms with E-state index in [-0.39, 0.29) is 0 Å². The summed E-state index contributed by atoms with van der Waals surface area (Å²) >= 11 is 0. The summed E-state index contributed by atoms with van der Waals surface area (Å²) in [7, 11) is 4.81. The summed E-state index contributed by atoms with van der Waals surface area (Å²) in [6.07, 6.45) is 11.4. The Bertz CT molecular complexity index is 201. The summed E-state index contributed by atoms with van der Waals surface area (Å²) in [5.74, 6) is 0. The molecule has 2 saturated heterocycles. The van der Waals surface area contributed by atoms with Crippen molar-refractivity contribution in [3.8, 4) is 0 Å². The van der Waals surface area contributed by atoms with Crippen molar-refractivity contribution in [2.75, 3.05) is 53.4 Å². The van der Waals surface area contributed by atoms with Crippen LogP contribution in [0.1, 0.15) is 65.2 Å². The first kappa shape index (κ1) is 18.0. The number of likely N-dealkylation sites (tertiary alicyclic amines) is 2. The van der Waals surface area contributed by atoms with Crippen molar-refractivity contribution in [1.82, 2.24) is 0 Å². The van der Waals surface area contributed by atoms with Crippen molar-refractivity contribution in [2.24, 2.45) is 0 Å². The lowest BCUT2D eigenvalue weighted by Gasteiger charge is -2.37. The minimum atomic E-state index is 1.34. The maximum Gasteiger partial charge on any atom is 0.0784 e. The minimum Gasteiger partial charge on any atom is -0.326 e. The highest BCUT2D eigenvalue weighted by Crippen LogP contribution is 2.16. The van der Waals surface area contributed by atoms with Gasteiger partial charge in [-0.15, -0.1) is 0 Å². The van der Waals surface area contributed by atoms with Crippen molar-refractivity contribution in [3.63, 3.8) is 0 Å². The van der Waals surface area contributed by atoms with Gasteiger partial charge in [-0.25, -0.2) is 0 Å². The molecule has 2 nitrogen and oxygen atoms in total. The largest absolute Gasteiger partial charge is 0.326 e. The second-order valence-electron chi connectivity index (χ2n) is 7.70. The van der Waals surface area contributed by atoms with E-state index in [9.17, 15) is 0 Å². The number of hydrogen-bond acceptors (Lipinski definition) is 0. The minimum absolute atomic E-state index is 1.34. The predicted molar refractivity (Wildman–Crippen MR) is 89.9 cm³/mol. The molecule has 0 unspecified atom stereocenters. The molecule has 2 heteroatoms. The second kappa shape index (κ2) is 9.04. The molecule has 0 aromatic rings. The maximum absolute atomic E-state index is 2.41. The van der Waals surface area contributed by atoms with Crippen LogP contribution in [0.5, 0.6) is 0 Å². The SMILES string of the molecule is CCC[N+]1(C)CCCCC1.CCC[N+]1(C)CCCCC1.